The van der Waals surface area contributed by atoms with Gasteiger partial charge in [0.25, 0.3) is 0 Å². The highest BCUT2D eigenvalue weighted by atomic mass is 32.2. The van der Waals surface area contributed by atoms with E-state index in [1.807, 2.05) is 14.0 Å². The third kappa shape index (κ3) is 5.64. The number of likely N-dealkylation sites (N-methyl/N-ethyl adjacent to an activating group) is 1. The summed E-state index contributed by atoms with van der Waals surface area (Å²) in [5.41, 5.74) is 2.48. The molecule has 0 aliphatic carbocycles. The Bertz CT molecular complexity index is 1230. The molecular weight excluding hydrogens is 468 g/mol. The third-order valence-corrected chi connectivity index (χ3v) is 8.14. The van der Waals surface area contributed by atoms with Crippen LogP contribution in [0.4, 0.5) is 0 Å². The van der Waals surface area contributed by atoms with Crippen LogP contribution in [0, 0.1) is 5.92 Å². The van der Waals surface area contributed by atoms with Gasteiger partial charge in [-0.05, 0) is 31.7 Å². The van der Waals surface area contributed by atoms with Crippen molar-refractivity contribution < 1.29 is 18.3 Å². The predicted octanol–water partition coefficient (Wildman–Crippen LogP) is 1.83. The van der Waals surface area contributed by atoms with E-state index >= 15 is 0 Å². The number of aliphatic hydroxyl groups is 1. The molecule has 0 bridgehead atoms. The number of aliphatic hydroxyl groups excluding tert-OH is 1. The lowest BCUT2D eigenvalue weighted by molar-refractivity contribution is 0.0733. The Morgan fingerprint density at radius 3 is 2.43 bits per heavy atom. The molecule has 186 valence electrons. The van der Waals surface area contributed by atoms with Crippen LogP contribution in [0.15, 0.2) is 60.5 Å². The zero-order valence-electron chi connectivity index (χ0n) is 20.0. The first-order valence-electron chi connectivity index (χ1n) is 11.4. The molecule has 1 aliphatic rings. The molecule has 3 aromatic rings. The molecule has 2 aromatic heterocycles. The van der Waals surface area contributed by atoms with Crippen LogP contribution in [0.25, 0.3) is 11.1 Å². The summed E-state index contributed by atoms with van der Waals surface area (Å²) in [5, 5.41) is 9.81. The van der Waals surface area contributed by atoms with Crippen LogP contribution in [-0.4, -0.2) is 81.6 Å². The maximum absolute atomic E-state index is 13.6. The Kier molecular flexibility index (Phi) is 7.70. The van der Waals surface area contributed by atoms with E-state index in [9.17, 15) is 13.5 Å². The van der Waals surface area contributed by atoms with Crippen LogP contribution in [-0.2, 0) is 16.6 Å². The van der Waals surface area contributed by atoms with E-state index in [2.05, 4.69) is 24.8 Å². The molecule has 11 heteroatoms. The average molecular weight is 499 g/mol. The minimum absolute atomic E-state index is 0.0782. The largest absolute Gasteiger partial charge is 0.487 e. The molecule has 1 aliphatic heterocycles. The molecule has 0 fully saturated rings. The zero-order valence-corrected chi connectivity index (χ0v) is 20.8. The van der Waals surface area contributed by atoms with Gasteiger partial charge in [0.2, 0.25) is 10.0 Å². The second kappa shape index (κ2) is 10.7. The molecule has 10 nitrogen and oxygen atoms in total. The molecule has 1 aromatic carbocycles. The van der Waals surface area contributed by atoms with E-state index in [-0.39, 0.29) is 35.8 Å². The maximum atomic E-state index is 13.6. The summed E-state index contributed by atoms with van der Waals surface area (Å²) in [4.78, 5) is 18.5. The van der Waals surface area contributed by atoms with Crippen molar-refractivity contribution >= 4 is 10.0 Å². The van der Waals surface area contributed by atoms with Crippen molar-refractivity contribution in [2.24, 2.45) is 5.92 Å². The van der Waals surface area contributed by atoms with Crippen LogP contribution < -0.4 is 4.74 Å². The summed E-state index contributed by atoms with van der Waals surface area (Å²) >= 11 is 0. The first-order chi connectivity index (χ1) is 16.8. The second-order valence-corrected chi connectivity index (χ2v) is 10.8. The smallest absolute Gasteiger partial charge is 0.247 e. The summed E-state index contributed by atoms with van der Waals surface area (Å²) in [6.07, 6.45) is 9.50. The Morgan fingerprint density at radius 1 is 1.11 bits per heavy atom. The number of fused-ring (bicyclic) bond motifs is 1. The van der Waals surface area contributed by atoms with Crippen LogP contribution in [0.2, 0.25) is 0 Å². The molecule has 1 N–H and O–H groups in total. The third-order valence-electron chi connectivity index (χ3n) is 6.12. The van der Waals surface area contributed by atoms with Crippen LogP contribution in [0.3, 0.4) is 0 Å². The van der Waals surface area contributed by atoms with E-state index in [1.54, 1.807) is 49.9 Å². The Morgan fingerprint density at radius 2 is 1.77 bits per heavy atom. The zero-order chi connectivity index (χ0) is 25.0. The van der Waals surface area contributed by atoms with Crippen LogP contribution in [0.1, 0.15) is 19.4 Å². The monoisotopic (exact) mass is 498 g/mol. The van der Waals surface area contributed by atoms with Crippen molar-refractivity contribution in [3.8, 4) is 16.9 Å². The normalized spacial score (nSPS) is 20.9. The SMILES string of the molecule is C[C@H]1CN([C@@H](C)CO)S(=O)(=O)c2ccc(-c3cncnc3)cc2O[C@H]1CN(C)Cc1cncnc1. The van der Waals surface area contributed by atoms with Crippen molar-refractivity contribution in [2.75, 3.05) is 26.7 Å². The van der Waals surface area contributed by atoms with Crippen molar-refractivity contribution in [3.05, 3.63) is 61.2 Å². The molecule has 0 amide bonds. The van der Waals surface area contributed by atoms with E-state index in [4.69, 9.17) is 4.74 Å². The first-order valence-corrected chi connectivity index (χ1v) is 12.8. The van der Waals surface area contributed by atoms with E-state index < -0.39 is 16.1 Å². The van der Waals surface area contributed by atoms with Gasteiger partial charge in [-0.2, -0.15) is 4.31 Å². The van der Waals surface area contributed by atoms with Crippen molar-refractivity contribution in [1.82, 2.24) is 29.1 Å². The van der Waals surface area contributed by atoms with Gasteiger partial charge in [0.05, 0.1) is 6.61 Å². The molecule has 35 heavy (non-hydrogen) atoms. The van der Waals surface area contributed by atoms with E-state index in [0.717, 1.165) is 16.7 Å². The molecule has 3 heterocycles. The van der Waals surface area contributed by atoms with Crippen LogP contribution >= 0.6 is 0 Å². The Labute approximate surface area is 205 Å². The van der Waals surface area contributed by atoms with E-state index in [0.29, 0.717) is 13.1 Å². The average Bonchev–Trinajstić information content (AvgIpc) is 2.86. The number of hydrogen-bond donors (Lipinski definition) is 1. The summed E-state index contributed by atoms with van der Waals surface area (Å²) in [5.74, 6) is 0.125. The predicted molar refractivity (Wildman–Crippen MR) is 130 cm³/mol. The van der Waals surface area contributed by atoms with Gasteiger partial charge in [0.1, 0.15) is 29.4 Å². The highest BCUT2D eigenvalue weighted by molar-refractivity contribution is 7.89. The molecule has 3 atom stereocenters. The van der Waals surface area contributed by atoms with Crippen molar-refractivity contribution in [3.63, 3.8) is 0 Å². The molecule has 4 rings (SSSR count). The second-order valence-electron chi connectivity index (χ2n) is 8.97. The van der Waals surface area contributed by atoms with Gasteiger partial charge >= 0.3 is 0 Å². The van der Waals surface area contributed by atoms with Gasteiger partial charge < -0.3 is 9.84 Å². The number of rotatable bonds is 7. The fourth-order valence-corrected chi connectivity index (χ4v) is 5.99. The lowest BCUT2D eigenvalue weighted by Gasteiger charge is -2.37. The topological polar surface area (TPSA) is 122 Å². The molecule has 0 unspecified atom stereocenters. The number of ether oxygens (including phenoxy) is 1. The van der Waals surface area contributed by atoms with Crippen molar-refractivity contribution in [1.29, 1.82) is 0 Å². The van der Waals surface area contributed by atoms with Gasteiger partial charge in [-0.25, -0.2) is 28.4 Å². The number of hydrogen-bond acceptors (Lipinski definition) is 9. The summed E-state index contributed by atoms with van der Waals surface area (Å²) < 4.78 is 35.1. The number of aromatic nitrogens is 4. The Balaban J connectivity index is 1.72. The number of nitrogens with zero attached hydrogens (tertiary/aromatic N) is 6. The van der Waals surface area contributed by atoms with Crippen molar-refractivity contribution in [2.45, 2.75) is 37.4 Å². The molecular formula is C24H30N6O4S. The lowest BCUT2D eigenvalue weighted by Crippen LogP contribution is -2.49. The minimum atomic E-state index is -3.90. The molecule has 0 saturated carbocycles. The Hall–Kier alpha value is -2.99. The van der Waals surface area contributed by atoms with Gasteiger partial charge in [-0.3, -0.25) is 4.90 Å². The highest BCUT2D eigenvalue weighted by Crippen LogP contribution is 2.36. The summed E-state index contributed by atoms with van der Waals surface area (Å²) in [6, 6.07) is 4.43. The number of benzene rings is 1. The molecule has 0 radical (unpaired) electrons. The van der Waals surface area contributed by atoms with Gasteiger partial charge in [0.15, 0.2) is 0 Å². The fourth-order valence-electron chi connectivity index (χ4n) is 4.17. The summed E-state index contributed by atoms with van der Waals surface area (Å²) in [6.45, 7) is 4.80. The van der Waals surface area contributed by atoms with Crippen LogP contribution in [0.5, 0.6) is 5.75 Å². The lowest BCUT2D eigenvalue weighted by atomic mass is 10.0. The molecule has 0 saturated heterocycles. The van der Waals surface area contributed by atoms with Gasteiger partial charge in [-0.1, -0.05) is 13.0 Å². The minimum Gasteiger partial charge on any atom is -0.487 e. The first kappa shape index (κ1) is 25.1. The van der Waals surface area contributed by atoms with Gasteiger partial charge in [0, 0.05) is 67.5 Å². The number of sulfonamides is 1. The fraction of sp³-hybridized carbons (Fsp3) is 0.417. The van der Waals surface area contributed by atoms with Gasteiger partial charge in [-0.15, -0.1) is 0 Å². The standard InChI is InChI=1S/C24H30N6O4S/c1-17-11-30(18(2)14-31)35(32,33)24-5-4-20(21-9-27-16-28-10-21)6-22(24)34-23(17)13-29(3)12-19-7-25-15-26-8-19/h4-10,15-18,23,31H,11-14H2,1-3H3/t17-,18-,23-/m0/s1. The quantitative estimate of drug-likeness (QED) is 0.520. The van der Waals surface area contributed by atoms with E-state index in [1.165, 1.54) is 17.0 Å². The highest BCUT2D eigenvalue weighted by Gasteiger charge is 2.38. The maximum Gasteiger partial charge on any atom is 0.247 e. The summed E-state index contributed by atoms with van der Waals surface area (Å²) in [7, 11) is -1.92. The molecule has 0 spiro atoms.